The Balaban J connectivity index is 2.00. The van der Waals surface area contributed by atoms with E-state index in [1.807, 2.05) is 24.3 Å². The van der Waals surface area contributed by atoms with Gasteiger partial charge in [0, 0.05) is 5.69 Å². The van der Waals surface area contributed by atoms with Gasteiger partial charge in [-0.25, -0.2) is 0 Å². The van der Waals surface area contributed by atoms with Gasteiger partial charge in [0.05, 0.1) is 25.7 Å². The Morgan fingerprint density at radius 1 is 1.17 bits per heavy atom. The van der Waals surface area contributed by atoms with Crippen LogP contribution in [0, 0.1) is 12.8 Å². The van der Waals surface area contributed by atoms with Crippen molar-refractivity contribution in [3.8, 4) is 5.75 Å². The topological polar surface area (TPSA) is 47.6 Å². The van der Waals surface area contributed by atoms with Crippen LogP contribution < -0.4 is 10.1 Å². The first-order chi connectivity index (χ1) is 11.5. The van der Waals surface area contributed by atoms with Crippen molar-refractivity contribution >= 4 is 11.7 Å². The number of aryl methyl sites for hydroxylation is 1. The zero-order valence-electron chi connectivity index (χ0n) is 14.6. The number of methoxy groups -OCH3 is 2. The first-order valence-electron chi connectivity index (χ1n) is 8.08. The van der Waals surface area contributed by atoms with E-state index >= 15 is 0 Å². The van der Waals surface area contributed by atoms with E-state index in [1.165, 1.54) is 18.2 Å². The zero-order chi connectivity index (χ0) is 17.3. The molecule has 0 heterocycles. The van der Waals surface area contributed by atoms with Gasteiger partial charge < -0.3 is 14.8 Å². The first kappa shape index (κ1) is 16.4. The Labute approximate surface area is 142 Å². The summed E-state index contributed by atoms with van der Waals surface area (Å²) < 4.78 is 10.3. The molecule has 1 aliphatic carbocycles. The van der Waals surface area contributed by atoms with Crippen molar-refractivity contribution in [2.24, 2.45) is 5.92 Å². The molecule has 0 bridgehead atoms. The summed E-state index contributed by atoms with van der Waals surface area (Å²) in [7, 11) is 3.09. The van der Waals surface area contributed by atoms with Crippen molar-refractivity contribution in [1.29, 1.82) is 0 Å². The van der Waals surface area contributed by atoms with E-state index in [-0.39, 0.29) is 11.9 Å². The number of hydrogen-bond donors (Lipinski definition) is 1. The normalized spacial score (nSPS) is 21.9. The molecule has 2 aromatic carbocycles. The van der Waals surface area contributed by atoms with Crippen LogP contribution in [-0.2, 0) is 21.5 Å². The minimum absolute atomic E-state index is 0.188. The molecular weight excluding hydrogens is 302 g/mol. The summed E-state index contributed by atoms with van der Waals surface area (Å²) in [5, 5.41) is 3.55. The largest absolute Gasteiger partial charge is 0.497 e. The smallest absolute Gasteiger partial charge is 0.311 e. The molecule has 0 aromatic heterocycles. The van der Waals surface area contributed by atoms with E-state index in [2.05, 4.69) is 37.4 Å². The molecule has 2 atom stereocenters. The third-order valence-corrected chi connectivity index (χ3v) is 4.92. The van der Waals surface area contributed by atoms with Crippen LogP contribution in [0.1, 0.15) is 23.6 Å². The molecule has 3 rings (SSSR count). The third kappa shape index (κ3) is 2.73. The second kappa shape index (κ2) is 6.19. The second-order valence-corrected chi connectivity index (χ2v) is 6.50. The van der Waals surface area contributed by atoms with Crippen LogP contribution in [-0.4, -0.2) is 20.2 Å². The molecule has 24 heavy (non-hydrogen) atoms. The van der Waals surface area contributed by atoms with Crippen LogP contribution in [0.2, 0.25) is 0 Å². The molecule has 4 heteroatoms. The lowest BCUT2D eigenvalue weighted by molar-refractivity contribution is -0.147. The predicted octanol–water partition coefficient (Wildman–Crippen LogP) is 3.68. The highest BCUT2D eigenvalue weighted by atomic mass is 16.5. The van der Waals surface area contributed by atoms with E-state index in [1.54, 1.807) is 7.11 Å². The fraction of sp³-hybridized carbons (Fsp3) is 0.350. The summed E-state index contributed by atoms with van der Waals surface area (Å²) in [6.07, 6.45) is 0.684. The van der Waals surface area contributed by atoms with Crippen LogP contribution in [0.5, 0.6) is 5.75 Å². The Hall–Kier alpha value is -2.49. The standard InChI is InChI=1S/C20H23NO3/c1-13-5-10-17-14(11-13)12-18(19(22)24-4)20(17,2)21-15-6-8-16(23-3)9-7-15/h5-11,18,21H,12H2,1-4H3/t18-,20-/m1/s1. The molecule has 0 radical (unpaired) electrons. The van der Waals surface area contributed by atoms with Crippen molar-refractivity contribution in [2.75, 3.05) is 19.5 Å². The predicted molar refractivity (Wildman–Crippen MR) is 94.4 cm³/mol. The lowest BCUT2D eigenvalue weighted by atomic mass is 9.85. The first-order valence-corrected chi connectivity index (χ1v) is 8.08. The average molecular weight is 325 g/mol. The molecule has 126 valence electrons. The molecule has 0 saturated heterocycles. The SMILES string of the molecule is COC(=O)[C@H]1Cc2cc(C)ccc2[C@@]1(C)Nc1ccc(OC)cc1. The van der Waals surface area contributed by atoms with Gasteiger partial charge in [0.25, 0.3) is 0 Å². The summed E-state index contributed by atoms with van der Waals surface area (Å²) in [5.74, 6) is 0.353. The number of ether oxygens (including phenoxy) is 2. The molecule has 0 fully saturated rings. The van der Waals surface area contributed by atoms with Gasteiger partial charge in [0.2, 0.25) is 0 Å². The van der Waals surface area contributed by atoms with Crippen molar-refractivity contribution in [3.63, 3.8) is 0 Å². The summed E-state index contributed by atoms with van der Waals surface area (Å²) in [6.45, 7) is 4.14. The van der Waals surface area contributed by atoms with Gasteiger partial charge in [-0.3, -0.25) is 4.79 Å². The maximum absolute atomic E-state index is 12.4. The van der Waals surface area contributed by atoms with Crippen LogP contribution in [0.25, 0.3) is 0 Å². The van der Waals surface area contributed by atoms with E-state index in [9.17, 15) is 4.79 Å². The van der Waals surface area contributed by atoms with Gasteiger partial charge in [0.15, 0.2) is 0 Å². The number of carbonyl (C=O) groups excluding carboxylic acids is 1. The molecule has 0 aliphatic heterocycles. The summed E-state index contributed by atoms with van der Waals surface area (Å²) in [6, 6.07) is 14.1. The fourth-order valence-corrected chi connectivity index (χ4v) is 3.60. The summed E-state index contributed by atoms with van der Waals surface area (Å²) in [4.78, 5) is 12.4. The van der Waals surface area contributed by atoms with Gasteiger partial charge in [-0.05, 0) is 55.7 Å². The number of rotatable bonds is 4. The van der Waals surface area contributed by atoms with Gasteiger partial charge in [-0.2, -0.15) is 0 Å². The maximum Gasteiger partial charge on any atom is 0.311 e. The highest BCUT2D eigenvalue weighted by molar-refractivity contribution is 5.78. The van der Waals surface area contributed by atoms with E-state index < -0.39 is 5.54 Å². The number of carbonyl (C=O) groups is 1. The van der Waals surface area contributed by atoms with Crippen LogP contribution in [0.4, 0.5) is 5.69 Å². The summed E-state index contributed by atoms with van der Waals surface area (Å²) in [5.41, 5.74) is 3.99. The van der Waals surface area contributed by atoms with E-state index in [4.69, 9.17) is 9.47 Å². The molecule has 1 N–H and O–H groups in total. The number of nitrogens with one attached hydrogen (secondary N) is 1. The molecule has 1 aliphatic rings. The fourth-order valence-electron chi connectivity index (χ4n) is 3.60. The Morgan fingerprint density at radius 3 is 2.50 bits per heavy atom. The minimum Gasteiger partial charge on any atom is -0.497 e. The van der Waals surface area contributed by atoms with Gasteiger partial charge in [-0.1, -0.05) is 23.8 Å². The van der Waals surface area contributed by atoms with Crippen LogP contribution >= 0.6 is 0 Å². The molecule has 0 saturated carbocycles. The molecule has 0 amide bonds. The lowest BCUT2D eigenvalue weighted by Crippen LogP contribution is -2.41. The zero-order valence-corrected chi connectivity index (χ0v) is 14.6. The maximum atomic E-state index is 12.4. The van der Waals surface area contributed by atoms with E-state index in [0.29, 0.717) is 6.42 Å². The average Bonchev–Trinajstić information content (AvgIpc) is 2.86. The van der Waals surface area contributed by atoms with Gasteiger partial charge in [0.1, 0.15) is 5.75 Å². The van der Waals surface area contributed by atoms with Gasteiger partial charge in [-0.15, -0.1) is 0 Å². The van der Waals surface area contributed by atoms with Crippen molar-refractivity contribution in [1.82, 2.24) is 0 Å². The number of hydrogen-bond acceptors (Lipinski definition) is 4. The monoisotopic (exact) mass is 325 g/mol. The van der Waals surface area contributed by atoms with Crippen LogP contribution in [0.3, 0.4) is 0 Å². The van der Waals surface area contributed by atoms with E-state index in [0.717, 1.165) is 17.0 Å². The Morgan fingerprint density at radius 2 is 1.88 bits per heavy atom. The third-order valence-electron chi connectivity index (χ3n) is 4.92. The molecule has 0 unspecified atom stereocenters. The number of anilines is 1. The number of esters is 1. The Bertz CT molecular complexity index is 754. The van der Waals surface area contributed by atoms with Crippen molar-refractivity contribution < 1.29 is 14.3 Å². The van der Waals surface area contributed by atoms with Crippen molar-refractivity contribution in [2.45, 2.75) is 25.8 Å². The molecule has 2 aromatic rings. The van der Waals surface area contributed by atoms with Crippen molar-refractivity contribution in [3.05, 3.63) is 59.2 Å². The highest BCUT2D eigenvalue weighted by Gasteiger charge is 2.47. The number of benzene rings is 2. The molecule has 0 spiro atoms. The highest BCUT2D eigenvalue weighted by Crippen LogP contribution is 2.44. The quantitative estimate of drug-likeness (QED) is 0.871. The minimum atomic E-state index is -0.509. The summed E-state index contributed by atoms with van der Waals surface area (Å²) >= 11 is 0. The number of fused-ring (bicyclic) bond motifs is 1. The van der Waals surface area contributed by atoms with Crippen LogP contribution in [0.15, 0.2) is 42.5 Å². The van der Waals surface area contributed by atoms with Gasteiger partial charge >= 0.3 is 5.97 Å². The second-order valence-electron chi connectivity index (χ2n) is 6.50. The Kier molecular flexibility index (Phi) is 4.22. The molecule has 4 nitrogen and oxygen atoms in total. The molecular formula is C20H23NO3. The lowest BCUT2D eigenvalue weighted by Gasteiger charge is -2.33.